The lowest BCUT2D eigenvalue weighted by molar-refractivity contribution is -0.678. The van der Waals surface area contributed by atoms with E-state index in [1.54, 1.807) is 0 Å². The van der Waals surface area contributed by atoms with Crippen LogP contribution >= 0.6 is 0 Å². The number of hydrogen-bond donors (Lipinski definition) is 0. The molecular formula is C26H51N2+. The molecule has 0 radical (unpaired) electrons. The van der Waals surface area contributed by atoms with Crippen molar-refractivity contribution in [3.05, 3.63) is 18.2 Å². The number of hydrogen-bond acceptors (Lipinski definition) is 0. The number of nitrogens with zero attached hydrogens (tertiary/aromatic N) is 2. The zero-order chi connectivity index (χ0) is 20.3. The van der Waals surface area contributed by atoms with E-state index < -0.39 is 0 Å². The van der Waals surface area contributed by atoms with Crippen molar-refractivity contribution in [3.63, 3.8) is 0 Å². The van der Waals surface area contributed by atoms with Gasteiger partial charge in [-0.15, -0.1) is 0 Å². The molecule has 0 atom stereocenters. The number of unbranched alkanes of at least 4 members (excludes halogenated alkanes) is 16. The van der Waals surface area contributed by atoms with Crippen LogP contribution in [0.15, 0.2) is 12.4 Å². The van der Waals surface area contributed by atoms with E-state index >= 15 is 0 Å². The predicted molar refractivity (Wildman–Crippen MR) is 124 cm³/mol. The molecule has 0 aliphatic heterocycles. The number of aryl methyl sites for hydroxylation is 2. The molecule has 0 N–H and O–H groups in total. The fourth-order valence-corrected chi connectivity index (χ4v) is 4.31. The smallest absolute Gasteiger partial charge is 0.237 e. The Kier molecular flexibility index (Phi) is 16.5. The van der Waals surface area contributed by atoms with Crippen LogP contribution in [0.4, 0.5) is 0 Å². The lowest BCUT2D eigenvalue weighted by atomic mass is 10.0. The van der Waals surface area contributed by atoms with E-state index in [2.05, 4.69) is 42.4 Å². The van der Waals surface area contributed by atoms with Gasteiger partial charge in [0.2, 0.25) is 0 Å². The van der Waals surface area contributed by atoms with Crippen molar-refractivity contribution in [1.29, 1.82) is 0 Å². The minimum atomic E-state index is 1.20. The van der Waals surface area contributed by atoms with Crippen LogP contribution in [0, 0.1) is 0 Å². The molecule has 0 saturated heterocycles. The van der Waals surface area contributed by atoms with Crippen LogP contribution in [0.2, 0.25) is 0 Å². The molecule has 0 amide bonds. The van der Waals surface area contributed by atoms with E-state index in [0.29, 0.717) is 0 Å². The maximum Gasteiger partial charge on any atom is 0.256 e. The summed E-state index contributed by atoms with van der Waals surface area (Å²) in [7, 11) is 2.18. The van der Waals surface area contributed by atoms with Gasteiger partial charge in [0.25, 0.3) is 5.82 Å². The Hall–Kier alpha value is -0.790. The molecule has 0 aromatic carbocycles. The topological polar surface area (TPSA) is 8.81 Å². The van der Waals surface area contributed by atoms with Crippen molar-refractivity contribution in [2.75, 3.05) is 0 Å². The molecule has 0 saturated carbocycles. The molecule has 1 heterocycles. The Labute approximate surface area is 177 Å². The molecule has 28 heavy (non-hydrogen) atoms. The summed E-state index contributed by atoms with van der Waals surface area (Å²) in [6, 6.07) is 0. The highest BCUT2D eigenvalue weighted by Gasteiger charge is 2.12. The van der Waals surface area contributed by atoms with Crippen LogP contribution in [0.1, 0.15) is 135 Å². The standard InChI is InChI=1S/C26H51N2/c1-4-6-7-8-9-10-11-12-13-14-15-16-17-18-19-20-21-23-28-25-24-27(3)26(28)22-5-2/h24-25H,4-23H2,1-3H3/q+1. The van der Waals surface area contributed by atoms with E-state index in [0.717, 1.165) is 0 Å². The fourth-order valence-electron chi connectivity index (χ4n) is 4.31. The summed E-state index contributed by atoms with van der Waals surface area (Å²) < 4.78 is 4.76. The second kappa shape index (κ2) is 18.3. The first-order valence-corrected chi connectivity index (χ1v) is 12.8. The average Bonchev–Trinajstić information content (AvgIpc) is 3.04. The van der Waals surface area contributed by atoms with Gasteiger partial charge in [-0.2, -0.15) is 0 Å². The zero-order valence-electron chi connectivity index (χ0n) is 19.7. The summed E-state index contributed by atoms with van der Waals surface area (Å²) in [6.07, 6.45) is 31.5. The van der Waals surface area contributed by atoms with Gasteiger partial charge in [-0.3, -0.25) is 0 Å². The minimum absolute atomic E-state index is 1.20. The first-order chi connectivity index (χ1) is 13.8. The van der Waals surface area contributed by atoms with E-state index in [9.17, 15) is 0 Å². The van der Waals surface area contributed by atoms with Gasteiger partial charge in [0.05, 0.1) is 13.6 Å². The third kappa shape index (κ3) is 12.6. The van der Waals surface area contributed by atoms with Gasteiger partial charge in [0.1, 0.15) is 12.4 Å². The molecule has 1 rings (SSSR count). The summed E-state index contributed by atoms with van der Waals surface area (Å²) in [4.78, 5) is 0. The van der Waals surface area contributed by atoms with Gasteiger partial charge in [-0.05, 0) is 19.3 Å². The Bertz CT molecular complexity index is 449. The highest BCUT2D eigenvalue weighted by molar-refractivity contribution is 4.83. The first-order valence-electron chi connectivity index (χ1n) is 12.8. The van der Waals surface area contributed by atoms with Gasteiger partial charge in [0, 0.05) is 6.42 Å². The van der Waals surface area contributed by atoms with Gasteiger partial charge in [0.15, 0.2) is 0 Å². The highest BCUT2D eigenvalue weighted by atomic mass is 15.1. The molecule has 2 heteroatoms. The van der Waals surface area contributed by atoms with Crippen molar-refractivity contribution in [2.24, 2.45) is 7.05 Å². The molecule has 0 fully saturated rings. The predicted octanol–water partition coefficient (Wildman–Crippen LogP) is 7.92. The quantitative estimate of drug-likeness (QED) is 0.158. The monoisotopic (exact) mass is 391 g/mol. The number of rotatable bonds is 20. The summed E-state index contributed by atoms with van der Waals surface area (Å²) in [5.74, 6) is 1.49. The molecule has 0 unspecified atom stereocenters. The Morgan fingerprint density at radius 3 is 1.46 bits per heavy atom. The molecule has 0 spiro atoms. The summed E-state index contributed by atoms with van der Waals surface area (Å²) in [6.45, 7) is 5.77. The van der Waals surface area contributed by atoms with Gasteiger partial charge in [-0.1, -0.05) is 110 Å². The van der Waals surface area contributed by atoms with Crippen LogP contribution in [0.3, 0.4) is 0 Å². The van der Waals surface area contributed by atoms with Crippen LogP contribution in [0.5, 0.6) is 0 Å². The molecular weight excluding hydrogens is 340 g/mol. The van der Waals surface area contributed by atoms with E-state index in [1.165, 1.54) is 134 Å². The Balaban J connectivity index is 1.81. The third-order valence-electron chi connectivity index (χ3n) is 6.19. The van der Waals surface area contributed by atoms with Gasteiger partial charge in [-0.25, -0.2) is 9.13 Å². The lowest BCUT2D eigenvalue weighted by Gasteiger charge is -2.04. The fraction of sp³-hybridized carbons (Fsp3) is 0.885. The maximum atomic E-state index is 2.47. The van der Waals surface area contributed by atoms with Gasteiger partial charge >= 0.3 is 0 Å². The van der Waals surface area contributed by atoms with E-state index in [-0.39, 0.29) is 0 Å². The molecule has 0 aliphatic rings. The Morgan fingerprint density at radius 1 is 0.607 bits per heavy atom. The zero-order valence-corrected chi connectivity index (χ0v) is 19.7. The second-order valence-corrected chi connectivity index (χ2v) is 8.93. The van der Waals surface area contributed by atoms with Crippen LogP contribution in [0.25, 0.3) is 0 Å². The van der Waals surface area contributed by atoms with E-state index in [4.69, 9.17) is 0 Å². The molecule has 1 aromatic rings. The van der Waals surface area contributed by atoms with Crippen LogP contribution in [-0.4, -0.2) is 4.57 Å². The van der Waals surface area contributed by atoms with Crippen molar-refractivity contribution in [3.8, 4) is 0 Å². The Morgan fingerprint density at radius 2 is 1.04 bits per heavy atom. The summed E-state index contributed by atoms with van der Waals surface area (Å²) in [5.41, 5.74) is 0. The third-order valence-corrected chi connectivity index (χ3v) is 6.19. The van der Waals surface area contributed by atoms with Crippen LogP contribution < -0.4 is 4.57 Å². The molecule has 0 bridgehead atoms. The van der Waals surface area contributed by atoms with Crippen molar-refractivity contribution in [1.82, 2.24) is 4.57 Å². The minimum Gasteiger partial charge on any atom is -0.237 e. The molecule has 1 aromatic heterocycles. The number of imidazole rings is 1. The summed E-state index contributed by atoms with van der Waals surface area (Å²) in [5, 5.41) is 0. The first kappa shape index (κ1) is 25.2. The second-order valence-electron chi connectivity index (χ2n) is 8.93. The largest absolute Gasteiger partial charge is 0.256 e. The maximum absolute atomic E-state index is 2.47. The molecule has 0 aliphatic carbocycles. The molecule has 164 valence electrons. The number of aromatic nitrogens is 2. The van der Waals surface area contributed by atoms with Crippen LogP contribution in [-0.2, 0) is 20.0 Å². The summed E-state index contributed by atoms with van der Waals surface area (Å²) >= 11 is 0. The lowest BCUT2D eigenvalue weighted by Crippen LogP contribution is -2.32. The van der Waals surface area contributed by atoms with E-state index in [1.807, 2.05) is 0 Å². The van der Waals surface area contributed by atoms with Crippen molar-refractivity contribution >= 4 is 0 Å². The molecule has 2 nitrogen and oxygen atoms in total. The highest BCUT2D eigenvalue weighted by Crippen LogP contribution is 2.14. The average molecular weight is 392 g/mol. The van der Waals surface area contributed by atoms with Crippen molar-refractivity contribution in [2.45, 2.75) is 142 Å². The van der Waals surface area contributed by atoms with Gasteiger partial charge < -0.3 is 0 Å². The van der Waals surface area contributed by atoms with Crippen molar-refractivity contribution < 1.29 is 4.57 Å². The SMILES string of the molecule is CCCCCCCCCCCCCCCCCCCn1cc[n+](C)c1CCC. The normalized spacial score (nSPS) is 11.4.